The van der Waals surface area contributed by atoms with Gasteiger partial charge in [0.05, 0.1) is 5.56 Å². The van der Waals surface area contributed by atoms with Crippen LogP contribution >= 0.6 is 11.3 Å². The van der Waals surface area contributed by atoms with Gasteiger partial charge in [0.2, 0.25) is 0 Å². The molecule has 0 bridgehead atoms. The summed E-state index contributed by atoms with van der Waals surface area (Å²) in [7, 11) is 0. The zero-order valence-corrected chi connectivity index (χ0v) is 7.57. The maximum atomic E-state index is 13.2. The molecule has 3 nitrogen and oxygen atoms in total. The van der Waals surface area contributed by atoms with Gasteiger partial charge in [0.1, 0.15) is 11.6 Å². The molecule has 0 spiro atoms. The van der Waals surface area contributed by atoms with Gasteiger partial charge in [0.15, 0.2) is 5.01 Å². The van der Waals surface area contributed by atoms with Crippen molar-refractivity contribution in [2.45, 2.75) is 0 Å². The van der Waals surface area contributed by atoms with Crippen LogP contribution in [-0.4, -0.2) is 10.2 Å². The topological polar surface area (TPSA) is 45.8 Å². The monoisotopic (exact) mass is 214 g/mol. The fourth-order valence-electron chi connectivity index (χ4n) is 1.04. The first-order valence-electron chi connectivity index (χ1n) is 3.68. The molecule has 0 saturated heterocycles. The molecule has 2 rings (SSSR count). The molecule has 1 N–H and O–H groups in total. The van der Waals surface area contributed by atoms with E-state index >= 15 is 0 Å². The second kappa shape index (κ2) is 3.30. The lowest BCUT2D eigenvalue weighted by Gasteiger charge is -1.98. The zero-order valence-electron chi connectivity index (χ0n) is 6.75. The summed E-state index contributed by atoms with van der Waals surface area (Å²) in [6, 6.07) is 3.48. The van der Waals surface area contributed by atoms with Crippen molar-refractivity contribution in [2.24, 2.45) is 0 Å². The first kappa shape index (κ1) is 9.01. The summed E-state index contributed by atoms with van der Waals surface area (Å²) in [6.07, 6.45) is 0. The van der Waals surface area contributed by atoms with E-state index in [2.05, 4.69) is 10.2 Å². The van der Waals surface area contributed by atoms with E-state index in [-0.39, 0.29) is 10.6 Å². The van der Waals surface area contributed by atoms with E-state index in [0.717, 1.165) is 12.1 Å². The summed E-state index contributed by atoms with van der Waals surface area (Å²) in [6.45, 7) is 0. The van der Waals surface area contributed by atoms with Crippen LogP contribution in [0.3, 0.4) is 0 Å². The lowest BCUT2D eigenvalue weighted by atomic mass is 10.2. The van der Waals surface area contributed by atoms with Crippen LogP contribution in [0, 0.1) is 11.6 Å². The number of H-pyrrole nitrogens is 1. The Hall–Kier alpha value is -1.56. The normalized spacial score (nSPS) is 10.4. The molecule has 0 aliphatic carbocycles. The molecule has 1 heterocycles. The van der Waals surface area contributed by atoms with E-state index in [1.807, 2.05) is 0 Å². The molecule has 14 heavy (non-hydrogen) atoms. The average Bonchev–Trinajstić information content (AvgIpc) is 2.51. The Bertz CT molecular complexity index is 500. The Morgan fingerprint density at radius 2 is 1.93 bits per heavy atom. The summed E-state index contributed by atoms with van der Waals surface area (Å²) in [5.74, 6) is -1.46. The molecule has 0 amide bonds. The minimum atomic E-state index is -0.729. The fourth-order valence-corrected chi connectivity index (χ4v) is 1.69. The molecule has 0 unspecified atom stereocenters. The summed E-state index contributed by atoms with van der Waals surface area (Å²) in [5, 5.41) is 5.63. The van der Waals surface area contributed by atoms with Gasteiger partial charge < -0.3 is 0 Å². The number of nitrogens with zero attached hydrogens (tertiary/aromatic N) is 1. The third-order valence-electron chi connectivity index (χ3n) is 1.61. The molecule has 0 aliphatic heterocycles. The van der Waals surface area contributed by atoms with Gasteiger partial charge in [0, 0.05) is 0 Å². The van der Waals surface area contributed by atoms with E-state index in [9.17, 15) is 13.6 Å². The first-order chi connectivity index (χ1) is 6.68. The Balaban J connectivity index is 2.67. The molecular weight excluding hydrogens is 210 g/mol. The van der Waals surface area contributed by atoms with Gasteiger partial charge in [-0.1, -0.05) is 17.4 Å². The van der Waals surface area contributed by atoms with Crippen molar-refractivity contribution in [2.75, 3.05) is 0 Å². The Kier molecular flexibility index (Phi) is 2.12. The number of halogens is 2. The third kappa shape index (κ3) is 1.44. The highest BCUT2D eigenvalue weighted by molar-refractivity contribution is 7.12. The highest BCUT2D eigenvalue weighted by atomic mass is 32.1. The SMILES string of the molecule is O=c1[nH]nc(-c2c(F)cccc2F)s1. The van der Waals surface area contributed by atoms with Crippen LogP contribution in [0.25, 0.3) is 10.6 Å². The second-order valence-corrected chi connectivity index (χ2v) is 3.48. The molecule has 6 heteroatoms. The van der Waals surface area contributed by atoms with Gasteiger partial charge in [-0.05, 0) is 12.1 Å². The van der Waals surface area contributed by atoms with Crippen LogP contribution in [0.1, 0.15) is 0 Å². The molecule has 72 valence electrons. The molecule has 0 atom stereocenters. The van der Waals surface area contributed by atoms with Gasteiger partial charge in [0.25, 0.3) is 0 Å². The molecule has 0 saturated carbocycles. The largest absolute Gasteiger partial charge is 0.322 e. The fraction of sp³-hybridized carbons (Fsp3) is 0. The standard InChI is InChI=1S/C8H4F2N2OS/c9-4-2-1-3-5(10)6(4)7-11-12-8(13)14-7/h1-3H,(H,12,13). The highest BCUT2D eigenvalue weighted by Crippen LogP contribution is 2.24. The van der Waals surface area contributed by atoms with E-state index in [1.165, 1.54) is 6.07 Å². The number of benzene rings is 1. The van der Waals surface area contributed by atoms with Gasteiger partial charge >= 0.3 is 4.87 Å². The van der Waals surface area contributed by atoms with E-state index in [4.69, 9.17) is 0 Å². The number of hydrogen-bond acceptors (Lipinski definition) is 3. The predicted molar refractivity (Wildman–Crippen MR) is 48.1 cm³/mol. The number of nitrogens with one attached hydrogen (secondary N) is 1. The lowest BCUT2D eigenvalue weighted by molar-refractivity contribution is 0.589. The molecule has 0 aliphatic rings. The lowest BCUT2D eigenvalue weighted by Crippen LogP contribution is -1.90. The molecule has 2 aromatic rings. The first-order valence-corrected chi connectivity index (χ1v) is 4.50. The number of hydrogen-bond donors (Lipinski definition) is 1. The molecule has 0 radical (unpaired) electrons. The maximum Gasteiger partial charge on any atom is 0.322 e. The van der Waals surface area contributed by atoms with Crippen molar-refractivity contribution >= 4 is 11.3 Å². The summed E-state index contributed by atoms with van der Waals surface area (Å²) in [4.78, 5) is 10.3. The quantitative estimate of drug-likeness (QED) is 0.786. The van der Waals surface area contributed by atoms with Crippen molar-refractivity contribution in [3.8, 4) is 10.6 Å². The zero-order chi connectivity index (χ0) is 10.1. The highest BCUT2D eigenvalue weighted by Gasteiger charge is 2.14. The van der Waals surface area contributed by atoms with Crippen LogP contribution in [0.15, 0.2) is 23.0 Å². The Morgan fingerprint density at radius 3 is 2.43 bits per heavy atom. The Labute approximate surface area is 81.0 Å². The van der Waals surface area contributed by atoms with Crippen LogP contribution in [-0.2, 0) is 0 Å². The van der Waals surface area contributed by atoms with Crippen LogP contribution in [0.4, 0.5) is 8.78 Å². The van der Waals surface area contributed by atoms with Crippen molar-refractivity contribution in [3.63, 3.8) is 0 Å². The molecule has 1 aromatic carbocycles. The summed E-state index contributed by atoms with van der Waals surface area (Å²) in [5.41, 5.74) is -0.268. The molecular formula is C8H4F2N2OS. The van der Waals surface area contributed by atoms with E-state index < -0.39 is 16.5 Å². The van der Waals surface area contributed by atoms with Gasteiger partial charge in [-0.3, -0.25) is 4.79 Å². The van der Waals surface area contributed by atoms with Crippen LogP contribution < -0.4 is 4.87 Å². The van der Waals surface area contributed by atoms with E-state index in [0.29, 0.717) is 11.3 Å². The maximum absolute atomic E-state index is 13.2. The molecule has 1 aromatic heterocycles. The minimum absolute atomic E-state index is 0.0191. The Morgan fingerprint density at radius 1 is 1.29 bits per heavy atom. The van der Waals surface area contributed by atoms with E-state index in [1.54, 1.807) is 0 Å². The van der Waals surface area contributed by atoms with Crippen molar-refractivity contribution in [3.05, 3.63) is 39.5 Å². The number of rotatable bonds is 1. The predicted octanol–water partition coefficient (Wildman–Crippen LogP) is 1.78. The number of aromatic amines is 1. The number of aromatic nitrogens is 2. The van der Waals surface area contributed by atoms with Crippen molar-refractivity contribution in [1.82, 2.24) is 10.2 Å². The average molecular weight is 214 g/mol. The summed E-state index contributed by atoms with van der Waals surface area (Å²) >= 11 is 0.667. The van der Waals surface area contributed by atoms with Crippen molar-refractivity contribution in [1.29, 1.82) is 0 Å². The minimum Gasteiger partial charge on any atom is -0.255 e. The second-order valence-electron chi connectivity index (χ2n) is 2.51. The van der Waals surface area contributed by atoms with Gasteiger partial charge in [-0.15, -0.1) is 0 Å². The van der Waals surface area contributed by atoms with Crippen LogP contribution in [0.5, 0.6) is 0 Å². The van der Waals surface area contributed by atoms with Gasteiger partial charge in [-0.2, -0.15) is 5.10 Å². The molecule has 0 fully saturated rings. The van der Waals surface area contributed by atoms with Crippen molar-refractivity contribution < 1.29 is 8.78 Å². The van der Waals surface area contributed by atoms with Gasteiger partial charge in [-0.25, -0.2) is 13.9 Å². The third-order valence-corrected chi connectivity index (χ3v) is 2.38. The summed E-state index contributed by atoms with van der Waals surface area (Å²) < 4.78 is 26.3. The smallest absolute Gasteiger partial charge is 0.255 e. The van der Waals surface area contributed by atoms with Crippen LogP contribution in [0.2, 0.25) is 0 Å².